The molecule has 96 valence electrons. The summed E-state index contributed by atoms with van der Waals surface area (Å²) in [6, 6.07) is 18.2. The van der Waals surface area contributed by atoms with Crippen LogP contribution in [0.2, 0.25) is 0 Å². The van der Waals surface area contributed by atoms with Crippen LogP contribution in [0, 0.1) is 0 Å². The first kappa shape index (κ1) is 13.0. The fraction of sp³-hybridized carbons (Fsp3) is 0.125. The molecule has 0 fully saturated rings. The molecule has 0 aliphatic carbocycles. The summed E-state index contributed by atoms with van der Waals surface area (Å²) in [5, 5.41) is 0. The molecule has 0 N–H and O–H groups in total. The molecule has 0 radical (unpaired) electrons. The molecule has 3 heteroatoms. The molecule has 0 bridgehead atoms. The Morgan fingerprint density at radius 2 is 1.58 bits per heavy atom. The Hall–Kier alpha value is -2.42. The highest BCUT2D eigenvalue weighted by atomic mass is 16.5. The van der Waals surface area contributed by atoms with Crippen molar-refractivity contribution in [3.63, 3.8) is 0 Å². The molecule has 0 saturated carbocycles. The van der Waals surface area contributed by atoms with Gasteiger partial charge < -0.3 is 4.74 Å². The number of benzene rings is 2. The summed E-state index contributed by atoms with van der Waals surface area (Å²) in [6.07, 6.45) is -0.390. The van der Waals surface area contributed by atoms with E-state index in [2.05, 4.69) is 0 Å². The summed E-state index contributed by atoms with van der Waals surface area (Å²) in [4.78, 5) is 22.7. The maximum absolute atomic E-state index is 12.1. The van der Waals surface area contributed by atoms with Crippen LogP contribution in [-0.2, 0) is 9.53 Å². The van der Waals surface area contributed by atoms with E-state index in [1.54, 1.807) is 12.1 Å². The van der Waals surface area contributed by atoms with Gasteiger partial charge in [0, 0.05) is 5.56 Å². The number of carbonyl (C=O) groups is 2. The van der Waals surface area contributed by atoms with Gasteiger partial charge in [0.25, 0.3) is 6.47 Å². The predicted octanol–water partition coefficient (Wildman–Crippen LogP) is 3.17. The van der Waals surface area contributed by atoms with Crippen LogP contribution in [0.1, 0.15) is 28.4 Å². The molecule has 2 aromatic rings. The lowest BCUT2D eigenvalue weighted by atomic mass is 10.0. The Bertz CT molecular complexity index is 534. The minimum Gasteiger partial charge on any atom is -0.459 e. The van der Waals surface area contributed by atoms with E-state index >= 15 is 0 Å². The lowest BCUT2D eigenvalue weighted by Crippen LogP contribution is -2.10. The van der Waals surface area contributed by atoms with Crippen molar-refractivity contribution in [1.82, 2.24) is 0 Å². The molecule has 3 nitrogen and oxygen atoms in total. The highest BCUT2D eigenvalue weighted by Crippen LogP contribution is 2.22. The van der Waals surface area contributed by atoms with Gasteiger partial charge in [-0.05, 0) is 5.56 Å². The number of ketones is 1. The second-order valence-corrected chi connectivity index (χ2v) is 4.12. The van der Waals surface area contributed by atoms with Gasteiger partial charge in [0.05, 0.1) is 6.42 Å². The number of Topliss-reactive ketones (excluding diaryl/α,β-unsaturated/α-hetero) is 1. The van der Waals surface area contributed by atoms with E-state index in [1.807, 2.05) is 48.5 Å². The highest BCUT2D eigenvalue weighted by Gasteiger charge is 2.17. The van der Waals surface area contributed by atoms with E-state index in [-0.39, 0.29) is 12.2 Å². The molecule has 0 saturated heterocycles. The Labute approximate surface area is 111 Å². The van der Waals surface area contributed by atoms with Gasteiger partial charge in [-0.3, -0.25) is 9.59 Å². The topological polar surface area (TPSA) is 43.4 Å². The van der Waals surface area contributed by atoms with Gasteiger partial charge >= 0.3 is 0 Å². The summed E-state index contributed by atoms with van der Waals surface area (Å²) in [5.41, 5.74) is 1.44. The van der Waals surface area contributed by atoms with Gasteiger partial charge in [-0.25, -0.2) is 0 Å². The molecule has 0 aromatic heterocycles. The minimum atomic E-state index is -0.536. The van der Waals surface area contributed by atoms with Gasteiger partial charge in [0.2, 0.25) is 0 Å². The van der Waals surface area contributed by atoms with Crippen LogP contribution in [-0.4, -0.2) is 12.3 Å². The average Bonchev–Trinajstić information content (AvgIpc) is 2.48. The molecule has 1 unspecified atom stereocenters. The minimum absolute atomic E-state index is 0.0451. The fourth-order valence-corrected chi connectivity index (χ4v) is 1.89. The van der Waals surface area contributed by atoms with Crippen molar-refractivity contribution in [1.29, 1.82) is 0 Å². The van der Waals surface area contributed by atoms with E-state index in [1.165, 1.54) is 0 Å². The van der Waals surface area contributed by atoms with E-state index in [9.17, 15) is 9.59 Å². The lowest BCUT2D eigenvalue weighted by Gasteiger charge is -2.14. The number of hydrogen-bond donors (Lipinski definition) is 0. The van der Waals surface area contributed by atoms with Crippen molar-refractivity contribution >= 4 is 12.3 Å². The largest absolute Gasteiger partial charge is 0.459 e. The van der Waals surface area contributed by atoms with Crippen molar-refractivity contribution in [2.75, 3.05) is 0 Å². The molecule has 1 atom stereocenters. The zero-order valence-corrected chi connectivity index (χ0v) is 10.4. The van der Waals surface area contributed by atoms with Gasteiger partial charge in [-0.2, -0.15) is 0 Å². The van der Waals surface area contributed by atoms with Crippen LogP contribution in [0.15, 0.2) is 60.7 Å². The van der Waals surface area contributed by atoms with Crippen molar-refractivity contribution in [3.8, 4) is 0 Å². The summed E-state index contributed by atoms with van der Waals surface area (Å²) < 4.78 is 5.02. The van der Waals surface area contributed by atoms with Crippen LogP contribution in [0.25, 0.3) is 0 Å². The average molecular weight is 254 g/mol. The molecule has 0 amide bonds. The first-order valence-electron chi connectivity index (χ1n) is 6.03. The number of hydrogen-bond acceptors (Lipinski definition) is 3. The molecule has 0 spiro atoms. The highest BCUT2D eigenvalue weighted by molar-refractivity contribution is 5.96. The van der Waals surface area contributed by atoms with Crippen LogP contribution in [0.5, 0.6) is 0 Å². The normalized spacial score (nSPS) is 11.6. The first-order valence-corrected chi connectivity index (χ1v) is 6.03. The molecule has 2 rings (SSSR count). The number of rotatable bonds is 6. The summed E-state index contributed by atoms with van der Waals surface area (Å²) in [6.45, 7) is 0.385. The zero-order chi connectivity index (χ0) is 13.5. The molecular weight excluding hydrogens is 240 g/mol. The van der Waals surface area contributed by atoms with E-state index in [4.69, 9.17) is 4.74 Å². The van der Waals surface area contributed by atoms with Crippen molar-refractivity contribution in [3.05, 3.63) is 71.8 Å². The smallest absolute Gasteiger partial charge is 0.293 e. The van der Waals surface area contributed by atoms with Gasteiger partial charge in [-0.1, -0.05) is 60.7 Å². The molecule has 19 heavy (non-hydrogen) atoms. The molecule has 2 aromatic carbocycles. The van der Waals surface area contributed by atoms with Crippen molar-refractivity contribution in [2.24, 2.45) is 0 Å². The van der Waals surface area contributed by atoms with Crippen LogP contribution in [0.4, 0.5) is 0 Å². The summed E-state index contributed by atoms with van der Waals surface area (Å²) in [7, 11) is 0. The van der Waals surface area contributed by atoms with Crippen LogP contribution in [0.3, 0.4) is 0 Å². The second kappa shape index (κ2) is 6.50. The van der Waals surface area contributed by atoms with Gasteiger partial charge in [-0.15, -0.1) is 0 Å². The third kappa shape index (κ3) is 3.52. The first-order chi connectivity index (χ1) is 9.31. The second-order valence-electron chi connectivity index (χ2n) is 4.12. The molecular formula is C16H14O3. The van der Waals surface area contributed by atoms with Gasteiger partial charge in [0.1, 0.15) is 6.10 Å². The standard InChI is InChI=1S/C16H14O3/c17-12-19-16(14-9-5-2-6-10-14)11-15(18)13-7-3-1-4-8-13/h1-10,12,16H,11H2. The fourth-order valence-electron chi connectivity index (χ4n) is 1.89. The maximum Gasteiger partial charge on any atom is 0.293 e. The molecule has 0 heterocycles. The molecule has 0 aliphatic heterocycles. The predicted molar refractivity (Wildman–Crippen MR) is 71.7 cm³/mol. The van der Waals surface area contributed by atoms with Crippen LogP contribution < -0.4 is 0 Å². The number of carbonyl (C=O) groups excluding carboxylic acids is 2. The quantitative estimate of drug-likeness (QED) is 0.587. The SMILES string of the molecule is O=COC(CC(=O)c1ccccc1)c1ccccc1. The third-order valence-electron chi connectivity index (χ3n) is 2.86. The van der Waals surface area contributed by atoms with E-state index in [0.29, 0.717) is 12.0 Å². The van der Waals surface area contributed by atoms with Crippen molar-refractivity contribution in [2.45, 2.75) is 12.5 Å². The van der Waals surface area contributed by atoms with Gasteiger partial charge in [0.15, 0.2) is 5.78 Å². The monoisotopic (exact) mass is 254 g/mol. The number of ether oxygens (including phenoxy) is 1. The van der Waals surface area contributed by atoms with Crippen LogP contribution >= 0.6 is 0 Å². The Morgan fingerprint density at radius 3 is 2.16 bits per heavy atom. The Balaban J connectivity index is 2.14. The third-order valence-corrected chi connectivity index (χ3v) is 2.86. The molecule has 0 aliphatic rings. The lowest BCUT2D eigenvalue weighted by molar-refractivity contribution is -0.133. The van der Waals surface area contributed by atoms with Crippen molar-refractivity contribution < 1.29 is 14.3 Å². The Kier molecular flexibility index (Phi) is 4.45. The zero-order valence-electron chi connectivity index (χ0n) is 10.4. The maximum atomic E-state index is 12.1. The Morgan fingerprint density at radius 1 is 1.00 bits per heavy atom. The summed E-state index contributed by atoms with van der Waals surface area (Å²) in [5.74, 6) is -0.0451. The van der Waals surface area contributed by atoms with E-state index < -0.39 is 6.10 Å². The van der Waals surface area contributed by atoms with E-state index in [0.717, 1.165) is 5.56 Å². The summed E-state index contributed by atoms with van der Waals surface area (Å²) >= 11 is 0.